The number of rotatable bonds is 6. The zero-order valence-electron chi connectivity index (χ0n) is 18.8. The summed E-state index contributed by atoms with van der Waals surface area (Å²) in [5.41, 5.74) is 1.02. The number of methoxy groups -OCH3 is 1. The van der Waals surface area contributed by atoms with Crippen LogP contribution in [-0.4, -0.2) is 81.9 Å². The Balaban J connectivity index is 1.42. The highest BCUT2D eigenvalue weighted by Crippen LogP contribution is 2.24. The standard InChI is InChI=1S/C23H27FN4O5S/c1-33-19-6-4-18(5-7-19)26-12-14-27(15-13-26)22(29)16-21-23(30)25-10-11-28(21)34(31,32)20-8-2-17(24)3-9-20/h2-9,21H,10-16H2,1H3,(H,25,30)/t21-/m0/s1. The number of amides is 2. The van der Waals surface area contributed by atoms with Gasteiger partial charge in [0.2, 0.25) is 21.8 Å². The molecule has 0 unspecified atom stereocenters. The minimum atomic E-state index is -4.07. The van der Waals surface area contributed by atoms with Gasteiger partial charge in [0.05, 0.1) is 18.4 Å². The average molecular weight is 491 g/mol. The van der Waals surface area contributed by atoms with E-state index in [1.165, 1.54) is 0 Å². The van der Waals surface area contributed by atoms with Gasteiger partial charge in [0.1, 0.15) is 17.6 Å². The van der Waals surface area contributed by atoms with Crippen LogP contribution in [0.15, 0.2) is 53.4 Å². The molecule has 2 fully saturated rings. The van der Waals surface area contributed by atoms with Crippen molar-refractivity contribution in [1.29, 1.82) is 0 Å². The van der Waals surface area contributed by atoms with Crippen LogP contribution in [0.2, 0.25) is 0 Å². The van der Waals surface area contributed by atoms with Crippen LogP contribution >= 0.6 is 0 Å². The maximum atomic E-state index is 13.3. The van der Waals surface area contributed by atoms with Crippen LogP contribution in [0.3, 0.4) is 0 Å². The smallest absolute Gasteiger partial charge is 0.243 e. The lowest BCUT2D eigenvalue weighted by molar-refractivity contribution is -0.137. The first kappa shape index (κ1) is 24.0. The second kappa shape index (κ2) is 9.98. The summed E-state index contributed by atoms with van der Waals surface area (Å²) in [5, 5.41) is 2.65. The lowest BCUT2D eigenvalue weighted by atomic mass is 10.1. The summed E-state index contributed by atoms with van der Waals surface area (Å²) in [7, 11) is -2.46. The predicted molar refractivity (Wildman–Crippen MR) is 123 cm³/mol. The van der Waals surface area contributed by atoms with Crippen molar-refractivity contribution in [2.75, 3.05) is 51.3 Å². The molecule has 2 aromatic rings. The highest BCUT2D eigenvalue weighted by atomic mass is 32.2. The molecule has 4 rings (SSSR count). The Morgan fingerprint density at radius 2 is 1.68 bits per heavy atom. The van der Waals surface area contributed by atoms with Crippen molar-refractivity contribution in [3.8, 4) is 5.75 Å². The number of carbonyl (C=O) groups is 2. The van der Waals surface area contributed by atoms with Gasteiger partial charge in [0.15, 0.2) is 0 Å². The van der Waals surface area contributed by atoms with Crippen LogP contribution in [-0.2, 0) is 19.6 Å². The molecule has 0 saturated carbocycles. The van der Waals surface area contributed by atoms with E-state index in [0.717, 1.165) is 40.0 Å². The number of sulfonamides is 1. The van der Waals surface area contributed by atoms with Crippen molar-refractivity contribution in [3.05, 3.63) is 54.3 Å². The van der Waals surface area contributed by atoms with E-state index in [2.05, 4.69) is 10.2 Å². The number of halogens is 1. The molecule has 0 radical (unpaired) electrons. The van der Waals surface area contributed by atoms with Gasteiger partial charge >= 0.3 is 0 Å². The average Bonchev–Trinajstić information content (AvgIpc) is 2.85. The highest BCUT2D eigenvalue weighted by Gasteiger charge is 2.40. The Morgan fingerprint density at radius 1 is 1.03 bits per heavy atom. The van der Waals surface area contributed by atoms with Crippen molar-refractivity contribution in [2.24, 2.45) is 0 Å². The zero-order chi connectivity index (χ0) is 24.3. The van der Waals surface area contributed by atoms with E-state index in [4.69, 9.17) is 4.74 Å². The number of piperazine rings is 2. The van der Waals surface area contributed by atoms with Gasteiger partial charge in [-0.2, -0.15) is 4.31 Å². The van der Waals surface area contributed by atoms with Gasteiger partial charge in [0.25, 0.3) is 0 Å². The van der Waals surface area contributed by atoms with Crippen LogP contribution in [0.25, 0.3) is 0 Å². The number of nitrogens with one attached hydrogen (secondary N) is 1. The molecule has 0 spiro atoms. The van der Waals surface area contributed by atoms with E-state index in [1.54, 1.807) is 12.0 Å². The van der Waals surface area contributed by atoms with Crippen molar-refractivity contribution in [2.45, 2.75) is 17.4 Å². The Bertz CT molecular complexity index is 1130. The highest BCUT2D eigenvalue weighted by molar-refractivity contribution is 7.89. The van der Waals surface area contributed by atoms with Crippen LogP contribution in [0.1, 0.15) is 6.42 Å². The van der Waals surface area contributed by atoms with Gasteiger partial charge in [-0.25, -0.2) is 12.8 Å². The lowest BCUT2D eigenvalue weighted by Crippen LogP contribution is -2.59. The summed E-state index contributed by atoms with van der Waals surface area (Å²) in [4.78, 5) is 29.3. The topological polar surface area (TPSA) is 99.3 Å². The SMILES string of the molecule is COc1ccc(N2CCN(C(=O)C[C@H]3C(=O)NCCN3S(=O)(=O)c3ccc(F)cc3)CC2)cc1. The van der Waals surface area contributed by atoms with E-state index >= 15 is 0 Å². The quantitative estimate of drug-likeness (QED) is 0.650. The Kier molecular flexibility index (Phi) is 7.03. The molecule has 1 N–H and O–H groups in total. The van der Waals surface area contributed by atoms with Crippen molar-refractivity contribution < 1.29 is 27.1 Å². The summed E-state index contributed by atoms with van der Waals surface area (Å²) < 4.78 is 45.8. The van der Waals surface area contributed by atoms with Crippen LogP contribution in [0, 0.1) is 5.82 Å². The molecule has 2 saturated heterocycles. The third-order valence-corrected chi connectivity index (χ3v) is 8.06. The van der Waals surface area contributed by atoms with Gasteiger partial charge in [-0.05, 0) is 48.5 Å². The minimum absolute atomic E-state index is 0.0364. The lowest BCUT2D eigenvalue weighted by Gasteiger charge is -2.38. The second-order valence-corrected chi connectivity index (χ2v) is 10.0. The summed E-state index contributed by atoms with van der Waals surface area (Å²) in [6.45, 7) is 2.34. The van der Waals surface area contributed by atoms with Crippen LogP contribution in [0.4, 0.5) is 10.1 Å². The molecule has 2 heterocycles. The van der Waals surface area contributed by atoms with Gasteiger partial charge in [-0.3, -0.25) is 9.59 Å². The normalized spacial score (nSPS) is 19.6. The number of anilines is 1. The second-order valence-electron chi connectivity index (χ2n) is 8.15. The third-order valence-electron chi connectivity index (χ3n) is 6.14. The van der Waals surface area contributed by atoms with Gasteiger partial charge in [-0.1, -0.05) is 0 Å². The summed E-state index contributed by atoms with van der Waals surface area (Å²) >= 11 is 0. The minimum Gasteiger partial charge on any atom is -0.497 e. The summed E-state index contributed by atoms with van der Waals surface area (Å²) in [6, 6.07) is 11.0. The number of nitrogens with zero attached hydrogens (tertiary/aromatic N) is 3. The van der Waals surface area contributed by atoms with E-state index in [0.29, 0.717) is 26.2 Å². The van der Waals surface area contributed by atoms with Crippen LogP contribution in [0.5, 0.6) is 5.75 Å². The first-order chi connectivity index (χ1) is 16.3. The Labute approximate surface area is 198 Å². The van der Waals surface area contributed by atoms with Gasteiger partial charge in [-0.15, -0.1) is 0 Å². The first-order valence-electron chi connectivity index (χ1n) is 11.0. The number of carbonyl (C=O) groups excluding carboxylic acids is 2. The Hall–Kier alpha value is -3.18. The number of benzene rings is 2. The molecule has 9 nitrogen and oxygen atoms in total. The van der Waals surface area contributed by atoms with Gasteiger partial charge < -0.3 is 19.9 Å². The molecule has 0 bridgehead atoms. The van der Waals surface area contributed by atoms with Crippen molar-refractivity contribution in [3.63, 3.8) is 0 Å². The first-order valence-corrected chi connectivity index (χ1v) is 12.5. The third kappa shape index (κ3) is 5.00. The molecule has 2 aromatic carbocycles. The molecule has 182 valence electrons. The van der Waals surface area contributed by atoms with Crippen molar-refractivity contribution >= 4 is 27.5 Å². The van der Waals surface area contributed by atoms with Gasteiger partial charge in [0, 0.05) is 45.0 Å². The maximum Gasteiger partial charge on any atom is 0.243 e. The van der Waals surface area contributed by atoms with Crippen LogP contribution < -0.4 is 15.0 Å². The maximum absolute atomic E-state index is 13.3. The molecular weight excluding hydrogens is 463 g/mol. The monoisotopic (exact) mass is 490 g/mol. The number of hydrogen-bond acceptors (Lipinski definition) is 6. The molecule has 2 aliphatic heterocycles. The summed E-state index contributed by atoms with van der Waals surface area (Å²) in [5.74, 6) is -0.586. The van der Waals surface area contributed by atoms with Crippen molar-refractivity contribution in [1.82, 2.24) is 14.5 Å². The molecule has 2 amide bonds. The van der Waals surface area contributed by atoms with E-state index < -0.39 is 27.8 Å². The van der Waals surface area contributed by atoms with E-state index in [9.17, 15) is 22.4 Å². The largest absolute Gasteiger partial charge is 0.497 e. The predicted octanol–water partition coefficient (Wildman–Crippen LogP) is 1.06. The fourth-order valence-corrected chi connectivity index (χ4v) is 5.81. The molecular formula is C23H27FN4O5S. The molecule has 1 atom stereocenters. The molecule has 11 heteroatoms. The number of hydrogen-bond donors (Lipinski definition) is 1. The summed E-state index contributed by atoms with van der Waals surface area (Å²) in [6.07, 6.45) is -0.255. The molecule has 0 aliphatic carbocycles. The zero-order valence-corrected chi connectivity index (χ0v) is 19.6. The Morgan fingerprint density at radius 3 is 2.29 bits per heavy atom. The fraction of sp³-hybridized carbons (Fsp3) is 0.391. The fourth-order valence-electron chi connectivity index (χ4n) is 4.22. The molecule has 0 aromatic heterocycles. The molecule has 2 aliphatic rings. The van der Waals surface area contributed by atoms with E-state index in [-0.39, 0.29) is 30.3 Å². The molecule has 34 heavy (non-hydrogen) atoms. The number of ether oxygens (including phenoxy) is 1. The van der Waals surface area contributed by atoms with E-state index in [1.807, 2.05) is 24.3 Å².